The van der Waals surface area contributed by atoms with E-state index < -0.39 is 6.17 Å². The van der Waals surface area contributed by atoms with Crippen LogP contribution in [0.25, 0.3) is 0 Å². The van der Waals surface area contributed by atoms with Crippen molar-refractivity contribution >= 4 is 0 Å². The van der Waals surface area contributed by atoms with Gasteiger partial charge in [0.05, 0.1) is 6.10 Å². The zero-order valence-electron chi connectivity index (χ0n) is 8.50. The average molecular weight is 186 g/mol. The first kappa shape index (κ1) is 9.45. The van der Waals surface area contributed by atoms with Crippen molar-refractivity contribution in [3.05, 3.63) is 0 Å². The van der Waals surface area contributed by atoms with E-state index in [1.807, 2.05) is 6.92 Å². The van der Waals surface area contributed by atoms with Crippen LogP contribution < -0.4 is 0 Å². The standard InChI is InChI=1S/C11H19FO/c1-7-3-9-5-10(12)8(2)4-11(9)13-6-7/h7-11H,3-6H2,1-2H3. The van der Waals surface area contributed by atoms with Crippen LogP contribution in [-0.2, 0) is 4.74 Å². The Balaban J connectivity index is 1.98. The molecule has 13 heavy (non-hydrogen) atoms. The Kier molecular flexibility index (Phi) is 2.59. The zero-order valence-corrected chi connectivity index (χ0v) is 8.50. The number of hydrogen-bond acceptors (Lipinski definition) is 1. The third-order valence-electron chi connectivity index (χ3n) is 3.58. The summed E-state index contributed by atoms with van der Waals surface area (Å²) in [5.74, 6) is 1.33. The normalized spacial score (nSPS) is 51.5. The summed E-state index contributed by atoms with van der Waals surface area (Å²) in [7, 11) is 0. The molecule has 1 nitrogen and oxygen atoms in total. The van der Waals surface area contributed by atoms with E-state index in [0.29, 0.717) is 17.9 Å². The van der Waals surface area contributed by atoms with E-state index in [1.165, 1.54) is 0 Å². The molecule has 5 atom stereocenters. The Morgan fingerprint density at radius 2 is 1.92 bits per heavy atom. The van der Waals surface area contributed by atoms with Crippen molar-refractivity contribution in [3.8, 4) is 0 Å². The Hall–Kier alpha value is -0.110. The summed E-state index contributed by atoms with van der Waals surface area (Å²) >= 11 is 0. The lowest BCUT2D eigenvalue weighted by Gasteiger charge is -2.41. The van der Waals surface area contributed by atoms with Gasteiger partial charge in [0.1, 0.15) is 6.17 Å². The molecule has 1 saturated heterocycles. The summed E-state index contributed by atoms with van der Waals surface area (Å²) in [5, 5.41) is 0. The van der Waals surface area contributed by atoms with Crippen molar-refractivity contribution in [3.63, 3.8) is 0 Å². The lowest BCUT2D eigenvalue weighted by atomic mass is 9.74. The second-order valence-corrected chi connectivity index (χ2v) is 4.94. The van der Waals surface area contributed by atoms with Gasteiger partial charge in [-0.25, -0.2) is 4.39 Å². The van der Waals surface area contributed by atoms with Gasteiger partial charge in [0.2, 0.25) is 0 Å². The third kappa shape index (κ3) is 1.88. The van der Waals surface area contributed by atoms with Crippen LogP contribution in [0.15, 0.2) is 0 Å². The Labute approximate surface area is 79.7 Å². The first-order valence-corrected chi connectivity index (χ1v) is 5.42. The predicted molar refractivity (Wildman–Crippen MR) is 50.3 cm³/mol. The molecule has 2 rings (SSSR count). The van der Waals surface area contributed by atoms with E-state index in [2.05, 4.69) is 6.92 Å². The fourth-order valence-corrected chi connectivity index (χ4v) is 2.70. The highest BCUT2D eigenvalue weighted by Crippen LogP contribution is 2.39. The summed E-state index contributed by atoms with van der Waals surface area (Å²) in [6.45, 7) is 5.08. The van der Waals surface area contributed by atoms with Crippen molar-refractivity contribution in [1.82, 2.24) is 0 Å². The third-order valence-corrected chi connectivity index (χ3v) is 3.58. The fraction of sp³-hybridized carbons (Fsp3) is 1.00. The molecule has 2 heteroatoms. The number of hydrogen-bond donors (Lipinski definition) is 0. The fourth-order valence-electron chi connectivity index (χ4n) is 2.70. The molecule has 0 radical (unpaired) electrons. The molecule has 2 aliphatic rings. The van der Waals surface area contributed by atoms with Crippen molar-refractivity contribution in [1.29, 1.82) is 0 Å². The van der Waals surface area contributed by atoms with Crippen LogP contribution >= 0.6 is 0 Å². The molecular formula is C11H19FO. The summed E-state index contributed by atoms with van der Waals surface area (Å²) in [4.78, 5) is 0. The number of rotatable bonds is 0. The molecule has 2 fully saturated rings. The van der Waals surface area contributed by atoms with Crippen LogP contribution in [0.2, 0.25) is 0 Å². The van der Waals surface area contributed by atoms with Gasteiger partial charge in [-0.2, -0.15) is 0 Å². The van der Waals surface area contributed by atoms with Crippen LogP contribution in [0.5, 0.6) is 0 Å². The SMILES string of the molecule is CC1COC2CC(C)C(F)CC2C1. The van der Waals surface area contributed by atoms with Crippen LogP contribution in [-0.4, -0.2) is 18.9 Å². The molecule has 1 saturated carbocycles. The molecule has 5 unspecified atom stereocenters. The highest BCUT2D eigenvalue weighted by atomic mass is 19.1. The molecule has 0 aromatic rings. The van der Waals surface area contributed by atoms with Gasteiger partial charge in [-0.05, 0) is 37.0 Å². The lowest BCUT2D eigenvalue weighted by Crippen LogP contribution is -2.42. The second-order valence-electron chi connectivity index (χ2n) is 4.94. The number of halogens is 1. The summed E-state index contributed by atoms with van der Waals surface area (Å²) < 4.78 is 19.2. The molecule has 76 valence electrons. The number of ether oxygens (including phenoxy) is 1. The Morgan fingerprint density at radius 3 is 2.69 bits per heavy atom. The maximum absolute atomic E-state index is 13.4. The smallest absolute Gasteiger partial charge is 0.103 e. The largest absolute Gasteiger partial charge is 0.378 e. The maximum atomic E-state index is 13.4. The van der Waals surface area contributed by atoms with Gasteiger partial charge in [-0.3, -0.25) is 0 Å². The van der Waals surface area contributed by atoms with Crippen LogP contribution in [0.1, 0.15) is 33.1 Å². The Morgan fingerprint density at radius 1 is 1.15 bits per heavy atom. The van der Waals surface area contributed by atoms with E-state index in [1.54, 1.807) is 0 Å². The predicted octanol–water partition coefficient (Wildman–Crippen LogP) is 2.80. The average Bonchev–Trinajstić information content (AvgIpc) is 2.08. The topological polar surface area (TPSA) is 9.23 Å². The van der Waals surface area contributed by atoms with Crippen molar-refractivity contribution in [2.75, 3.05) is 6.61 Å². The molecule has 0 aromatic carbocycles. The first-order chi connectivity index (χ1) is 6.16. The van der Waals surface area contributed by atoms with Crippen molar-refractivity contribution < 1.29 is 9.13 Å². The van der Waals surface area contributed by atoms with Gasteiger partial charge in [0, 0.05) is 6.61 Å². The number of alkyl halides is 1. The molecule has 1 aliphatic carbocycles. The van der Waals surface area contributed by atoms with Crippen molar-refractivity contribution in [2.24, 2.45) is 17.8 Å². The van der Waals surface area contributed by atoms with E-state index in [4.69, 9.17) is 4.74 Å². The molecular weight excluding hydrogens is 167 g/mol. The first-order valence-electron chi connectivity index (χ1n) is 5.42. The molecule has 1 aliphatic heterocycles. The van der Waals surface area contributed by atoms with Crippen molar-refractivity contribution in [2.45, 2.75) is 45.4 Å². The van der Waals surface area contributed by atoms with Gasteiger partial charge >= 0.3 is 0 Å². The molecule has 0 bridgehead atoms. The van der Waals surface area contributed by atoms with E-state index in [-0.39, 0.29) is 5.92 Å². The van der Waals surface area contributed by atoms with E-state index in [9.17, 15) is 4.39 Å². The maximum Gasteiger partial charge on any atom is 0.103 e. The summed E-state index contributed by atoms with van der Waals surface area (Å²) in [5.41, 5.74) is 0. The van der Waals surface area contributed by atoms with Crippen LogP contribution in [0.3, 0.4) is 0 Å². The molecule has 0 aromatic heterocycles. The highest BCUT2D eigenvalue weighted by Gasteiger charge is 2.38. The molecule has 0 N–H and O–H groups in total. The van der Waals surface area contributed by atoms with Gasteiger partial charge in [0.15, 0.2) is 0 Å². The second kappa shape index (κ2) is 3.56. The minimum atomic E-state index is -0.588. The molecule has 0 spiro atoms. The minimum Gasteiger partial charge on any atom is -0.378 e. The highest BCUT2D eigenvalue weighted by molar-refractivity contribution is 4.87. The quantitative estimate of drug-likeness (QED) is 0.565. The van der Waals surface area contributed by atoms with Gasteiger partial charge in [0.25, 0.3) is 0 Å². The minimum absolute atomic E-state index is 0.203. The molecule has 1 heterocycles. The Bertz CT molecular complexity index is 183. The monoisotopic (exact) mass is 186 g/mol. The van der Waals surface area contributed by atoms with Gasteiger partial charge < -0.3 is 4.74 Å². The molecule has 0 amide bonds. The van der Waals surface area contributed by atoms with E-state index in [0.717, 1.165) is 25.9 Å². The lowest BCUT2D eigenvalue weighted by molar-refractivity contribution is -0.0965. The summed E-state index contributed by atoms with van der Waals surface area (Å²) in [6, 6.07) is 0. The van der Waals surface area contributed by atoms with Gasteiger partial charge in [-0.15, -0.1) is 0 Å². The van der Waals surface area contributed by atoms with Crippen LogP contribution in [0.4, 0.5) is 4.39 Å². The summed E-state index contributed by atoms with van der Waals surface area (Å²) in [6.07, 6.45) is 2.60. The zero-order chi connectivity index (χ0) is 9.42. The van der Waals surface area contributed by atoms with Gasteiger partial charge in [-0.1, -0.05) is 13.8 Å². The van der Waals surface area contributed by atoms with E-state index >= 15 is 0 Å². The number of fused-ring (bicyclic) bond motifs is 1. The van der Waals surface area contributed by atoms with Crippen LogP contribution in [0, 0.1) is 17.8 Å².